The van der Waals surface area contributed by atoms with Crippen LogP contribution in [0.5, 0.6) is 0 Å². The lowest BCUT2D eigenvalue weighted by atomic mass is 10.1. The lowest BCUT2D eigenvalue weighted by Crippen LogP contribution is -2.24. The third kappa shape index (κ3) is 2.93. The molecule has 0 amide bonds. The van der Waals surface area contributed by atoms with Gasteiger partial charge in [-0.05, 0) is 31.5 Å². The number of aromatic nitrogens is 2. The summed E-state index contributed by atoms with van der Waals surface area (Å²) in [5.74, 6) is 0.369. The van der Waals surface area contributed by atoms with Gasteiger partial charge in [0.25, 0.3) is 5.56 Å². The van der Waals surface area contributed by atoms with Crippen molar-refractivity contribution in [2.45, 2.75) is 26.4 Å². The fraction of sp³-hybridized carbons (Fsp3) is 0.286. The van der Waals surface area contributed by atoms with Crippen LogP contribution in [-0.2, 0) is 6.54 Å². The molecule has 1 aromatic heterocycles. The molecule has 0 saturated heterocycles. The highest BCUT2D eigenvalue weighted by Gasteiger charge is 2.09. The molecule has 0 aliphatic rings. The largest absolute Gasteiger partial charge is 0.399 e. The lowest BCUT2D eigenvalue weighted by molar-refractivity contribution is 0.714. The van der Waals surface area contributed by atoms with Crippen LogP contribution in [0.3, 0.4) is 0 Å². The first kappa shape index (κ1) is 13.1. The average Bonchev–Trinajstić information content (AvgIpc) is 2.42. The minimum atomic E-state index is -0.104. The van der Waals surface area contributed by atoms with Gasteiger partial charge >= 0.3 is 0 Å². The maximum Gasteiger partial charge on any atom is 0.293 e. The van der Waals surface area contributed by atoms with Crippen molar-refractivity contribution in [2.24, 2.45) is 0 Å². The highest BCUT2D eigenvalue weighted by atomic mass is 16.1. The van der Waals surface area contributed by atoms with Crippen molar-refractivity contribution in [1.82, 2.24) is 9.55 Å². The van der Waals surface area contributed by atoms with Gasteiger partial charge in [0.2, 0.25) is 0 Å². The van der Waals surface area contributed by atoms with Gasteiger partial charge in [0, 0.05) is 24.6 Å². The van der Waals surface area contributed by atoms with Crippen LogP contribution in [0.2, 0.25) is 0 Å². The summed E-state index contributed by atoms with van der Waals surface area (Å²) in [5, 5.41) is 3.14. The van der Waals surface area contributed by atoms with E-state index in [1.807, 2.05) is 38.1 Å². The first-order chi connectivity index (χ1) is 9.11. The second-order valence-electron chi connectivity index (χ2n) is 4.40. The number of aryl methyl sites for hydroxylation is 1. The van der Waals surface area contributed by atoms with Gasteiger partial charge in [-0.1, -0.05) is 12.1 Å². The molecule has 0 aliphatic heterocycles. The number of nitrogens with one attached hydrogen (secondary N) is 1. The molecule has 3 N–H and O–H groups in total. The lowest BCUT2D eigenvalue weighted by Gasteiger charge is -2.15. The predicted octanol–water partition coefficient (Wildman–Crippen LogP) is 2.02. The topological polar surface area (TPSA) is 72.9 Å². The second kappa shape index (κ2) is 5.56. The Morgan fingerprint density at radius 1 is 1.37 bits per heavy atom. The zero-order valence-electron chi connectivity index (χ0n) is 11.1. The van der Waals surface area contributed by atoms with Gasteiger partial charge in [0.1, 0.15) is 0 Å². The van der Waals surface area contributed by atoms with E-state index in [-0.39, 0.29) is 11.6 Å². The molecule has 1 aromatic carbocycles. The van der Waals surface area contributed by atoms with Crippen LogP contribution in [-0.4, -0.2) is 9.55 Å². The maximum absolute atomic E-state index is 12.0. The van der Waals surface area contributed by atoms with Gasteiger partial charge in [-0.3, -0.25) is 4.79 Å². The highest BCUT2D eigenvalue weighted by molar-refractivity contribution is 5.42. The van der Waals surface area contributed by atoms with Gasteiger partial charge in [0.05, 0.1) is 6.04 Å². The Labute approximate surface area is 112 Å². The normalized spacial score (nSPS) is 12.1. The first-order valence-corrected chi connectivity index (χ1v) is 6.29. The Morgan fingerprint density at radius 2 is 2.05 bits per heavy atom. The standard InChI is InChI=1S/C14H18N4O/c1-3-18-9-8-16-13(14(18)19)17-10(2)11-4-6-12(15)7-5-11/h4-10H,3,15H2,1-2H3,(H,16,17). The SMILES string of the molecule is CCn1ccnc(NC(C)c2ccc(N)cc2)c1=O. The van der Waals surface area contributed by atoms with Gasteiger partial charge < -0.3 is 15.6 Å². The summed E-state index contributed by atoms with van der Waals surface area (Å²) in [4.78, 5) is 16.1. The van der Waals surface area contributed by atoms with Crippen molar-refractivity contribution in [3.8, 4) is 0 Å². The van der Waals surface area contributed by atoms with Gasteiger partial charge in [-0.2, -0.15) is 0 Å². The summed E-state index contributed by atoms with van der Waals surface area (Å²) in [6, 6.07) is 7.56. The fourth-order valence-electron chi connectivity index (χ4n) is 1.87. The molecule has 1 heterocycles. The molecule has 0 fully saturated rings. The molecule has 0 saturated carbocycles. The molecule has 5 heteroatoms. The van der Waals surface area contributed by atoms with E-state index in [1.54, 1.807) is 17.0 Å². The number of rotatable bonds is 4. The van der Waals surface area contributed by atoms with Crippen LogP contribution in [0, 0.1) is 0 Å². The molecule has 19 heavy (non-hydrogen) atoms. The quantitative estimate of drug-likeness (QED) is 0.823. The van der Waals surface area contributed by atoms with Crippen molar-refractivity contribution < 1.29 is 0 Å². The van der Waals surface area contributed by atoms with E-state index < -0.39 is 0 Å². The maximum atomic E-state index is 12.0. The number of nitrogen functional groups attached to an aromatic ring is 1. The van der Waals surface area contributed by atoms with Crippen molar-refractivity contribution in [2.75, 3.05) is 11.1 Å². The first-order valence-electron chi connectivity index (χ1n) is 6.29. The predicted molar refractivity (Wildman–Crippen MR) is 77.1 cm³/mol. The van der Waals surface area contributed by atoms with Crippen LogP contribution in [0.15, 0.2) is 41.5 Å². The van der Waals surface area contributed by atoms with E-state index in [0.717, 1.165) is 11.3 Å². The molecule has 1 atom stereocenters. The van der Waals surface area contributed by atoms with Crippen LogP contribution < -0.4 is 16.6 Å². The van der Waals surface area contributed by atoms with Crippen LogP contribution >= 0.6 is 0 Å². The number of nitrogens with two attached hydrogens (primary N) is 1. The zero-order chi connectivity index (χ0) is 13.8. The molecule has 0 bridgehead atoms. The summed E-state index contributed by atoms with van der Waals surface area (Å²) in [6.07, 6.45) is 3.31. The Kier molecular flexibility index (Phi) is 3.85. The minimum Gasteiger partial charge on any atom is -0.399 e. The number of hydrogen-bond donors (Lipinski definition) is 2. The number of anilines is 2. The molecule has 100 valence electrons. The molecule has 0 radical (unpaired) electrons. The van der Waals surface area contributed by atoms with Crippen LogP contribution in [0.1, 0.15) is 25.5 Å². The molecular formula is C14H18N4O. The molecule has 0 spiro atoms. The summed E-state index contributed by atoms with van der Waals surface area (Å²) in [5.41, 5.74) is 7.33. The Hall–Kier alpha value is -2.30. The molecule has 0 aliphatic carbocycles. The Bertz CT molecular complexity index is 604. The van der Waals surface area contributed by atoms with E-state index >= 15 is 0 Å². The minimum absolute atomic E-state index is 0.00601. The molecule has 1 unspecified atom stereocenters. The van der Waals surface area contributed by atoms with Crippen molar-refractivity contribution in [1.29, 1.82) is 0 Å². The third-order valence-corrected chi connectivity index (χ3v) is 3.04. The summed E-state index contributed by atoms with van der Waals surface area (Å²) in [6.45, 7) is 4.54. The van der Waals surface area contributed by atoms with E-state index in [0.29, 0.717) is 12.4 Å². The smallest absolute Gasteiger partial charge is 0.293 e. The number of benzene rings is 1. The van der Waals surface area contributed by atoms with Crippen LogP contribution in [0.4, 0.5) is 11.5 Å². The van der Waals surface area contributed by atoms with Crippen molar-refractivity contribution in [3.05, 3.63) is 52.6 Å². The monoisotopic (exact) mass is 258 g/mol. The van der Waals surface area contributed by atoms with E-state index in [4.69, 9.17) is 5.73 Å². The van der Waals surface area contributed by atoms with Gasteiger partial charge in [-0.25, -0.2) is 4.98 Å². The van der Waals surface area contributed by atoms with E-state index in [9.17, 15) is 4.79 Å². The molecule has 2 aromatic rings. The Morgan fingerprint density at radius 3 is 2.68 bits per heavy atom. The summed E-state index contributed by atoms with van der Waals surface area (Å²) >= 11 is 0. The zero-order valence-corrected chi connectivity index (χ0v) is 11.1. The summed E-state index contributed by atoms with van der Waals surface area (Å²) in [7, 11) is 0. The Balaban J connectivity index is 2.21. The molecule has 2 rings (SSSR count). The average molecular weight is 258 g/mol. The summed E-state index contributed by atoms with van der Waals surface area (Å²) < 4.78 is 1.62. The molecule has 5 nitrogen and oxygen atoms in total. The van der Waals surface area contributed by atoms with E-state index in [2.05, 4.69) is 10.3 Å². The van der Waals surface area contributed by atoms with E-state index in [1.165, 1.54) is 0 Å². The highest BCUT2D eigenvalue weighted by Crippen LogP contribution is 2.17. The fourth-order valence-corrected chi connectivity index (χ4v) is 1.87. The van der Waals surface area contributed by atoms with Crippen LogP contribution in [0.25, 0.3) is 0 Å². The number of nitrogens with zero attached hydrogens (tertiary/aromatic N) is 2. The van der Waals surface area contributed by atoms with Crippen molar-refractivity contribution in [3.63, 3.8) is 0 Å². The van der Waals surface area contributed by atoms with Gasteiger partial charge in [-0.15, -0.1) is 0 Å². The number of hydrogen-bond acceptors (Lipinski definition) is 4. The van der Waals surface area contributed by atoms with Crippen molar-refractivity contribution >= 4 is 11.5 Å². The van der Waals surface area contributed by atoms with Gasteiger partial charge in [0.15, 0.2) is 5.82 Å². The molecular weight excluding hydrogens is 240 g/mol. The second-order valence-corrected chi connectivity index (χ2v) is 4.40. The third-order valence-electron chi connectivity index (χ3n) is 3.04.